The maximum absolute atomic E-state index is 17.1. The van der Waals surface area contributed by atoms with Gasteiger partial charge in [0, 0.05) is 61.1 Å². The van der Waals surface area contributed by atoms with E-state index in [1.165, 1.54) is 0 Å². The van der Waals surface area contributed by atoms with Crippen LogP contribution in [-0.2, 0) is 12.6 Å². The van der Waals surface area contributed by atoms with Gasteiger partial charge in [-0.1, -0.05) is 26.0 Å². The third-order valence-electron chi connectivity index (χ3n) is 9.99. The van der Waals surface area contributed by atoms with Crippen LogP contribution in [-0.4, -0.2) is 39.1 Å². The quantitative estimate of drug-likeness (QED) is 0.281. The van der Waals surface area contributed by atoms with Crippen molar-refractivity contribution in [2.45, 2.75) is 108 Å². The summed E-state index contributed by atoms with van der Waals surface area (Å²) >= 11 is 0. The number of hydrogen-bond acceptors (Lipinski definition) is 5. The first-order valence-electron chi connectivity index (χ1n) is 16.1. The fourth-order valence-electron chi connectivity index (χ4n) is 7.62. The lowest BCUT2D eigenvalue weighted by atomic mass is 9.68. The Bertz CT molecular complexity index is 1540. The fraction of sp³-hybridized carbons (Fsp3) is 0.571. The number of aromatic nitrogens is 3. The average molecular weight is 647 g/mol. The van der Waals surface area contributed by atoms with Crippen molar-refractivity contribution in [3.8, 4) is 0 Å². The van der Waals surface area contributed by atoms with Crippen LogP contribution in [0.1, 0.15) is 128 Å². The molecule has 248 valence electrons. The smallest absolute Gasteiger partial charge is 0.388 e. The van der Waals surface area contributed by atoms with Crippen molar-refractivity contribution in [1.82, 2.24) is 15.0 Å². The second kappa shape index (κ2) is 12.1. The van der Waals surface area contributed by atoms with Gasteiger partial charge < -0.3 is 10.0 Å². The molecule has 1 saturated carbocycles. The van der Waals surface area contributed by atoms with Crippen LogP contribution in [0.15, 0.2) is 36.7 Å². The average Bonchev–Trinajstić information content (AvgIpc) is 2.99. The van der Waals surface area contributed by atoms with Crippen molar-refractivity contribution in [1.29, 1.82) is 0 Å². The van der Waals surface area contributed by atoms with Crippen LogP contribution in [0.5, 0.6) is 0 Å². The van der Waals surface area contributed by atoms with E-state index in [9.17, 15) is 27.1 Å². The molecule has 5 nitrogen and oxygen atoms in total. The maximum atomic E-state index is 17.1. The summed E-state index contributed by atoms with van der Waals surface area (Å²) in [5.74, 6) is -2.85. The zero-order valence-corrected chi connectivity index (χ0v) is 26.3. The van der Waals surface area contributed by atoms with Crippen molar-refractivity contribution in [3.63, 3.8) is 0 Å². The summed E-state index contributed by atoms with van der Waals surface area (Å²) < 4.78 is 86.1. The molecule has 1 aliphatic heterocycles. The van der Waals surface area contributed by atoms with Crippen LogP contribution in [0.2, 0.25) is 0 Å². The van der Waals surface area contributed by atoms with Crippen molar-refractivity contribution >= 4 is 5.95 Å². The predicted molar refractivity (Wildman–Crippen MR) is 163 cm³/mol. The first kappa shape index (κ1) is 32.7. The van der Waals surface area contributed by atoms with E-state index in [1.54, 1.807) is 12.4 Å². The van der Waals surface area contributed by atoms with Crippen LogP contribution in [0.4, 0.5) is 32.3 Å². The number of anilines is 1. The third-order valence-corrected chi connectivity index (χ3v) is 9.99. The molecule has 3 aliphatic rings. The largest absolute Gasteiger partial charge is 0.416 e. The highest BCUT2D eigenvalue weighted by Crippen LogP contribution is 2.52. The van der Waals surface area contributed by atoms with Gasteiger partial charge in [-0.25, -0.2) is 23.1 Å². The van der Waals surface area contributed by atoms with Crippen LogP contribution in [0.25, 0.3) is 0 Å². The zero-order valence-electron chi connectivity index (χ0n) is 26.3. The number of piperidine rings is 1. The summed E-state index contributed by atoms with van der Waals surface area (Å²) in [5, 5.41) is 11.5. The molecule has 0 radical (unpaired) electrons. The standard InChI is InChI=1S/C35H40F6N4O/c1-20-18-42-32(43-19-20)45-14-10-23(11-15-45)31-29(30(36)22-4-6-24(7-5-22)35(39,40)41)27(21-8-12-34(37,38)13-9-21)28-25(44-31)16-33(2,3)17-26(28)46/h4-7,18-19,21,23,26,30,46H,8-17H2,1-3H3/t26-,30-/m1/s1. The molecule has 6 rings (SSSR count). The van der Waals surface area contributed by atoms with Gasteiger partial charge in [0.1, 0.15) is 0 Å². The minimum Gasteiger partial charge on any atom is -0.388 e. The number of aryl methyl sites for hydroxylation is 1. The summed E-state index contributed by atoms with van der Waals surface area (Å²) in [6.45, 7) is 7.15. The topological polar surface area (TPSA) is 62.1 Å². The van der Waals surface area contributed by atoms with E-state index in [1.807, 2.05) is 20.8 Å². The molecule has 3 aromatic rings. The Hall–Kier alpha value is -3.21. The minimum absolute atomic E-state index is 0.0366. The van der Waals surface area contributed by atoms with Gasteiger partial charge >= 0.3 is 6.18 Å². The second-order valence-corrected chi connectivity index (χ2v) is 14.2. The normalized spacial score (nSPS) is 22.8. The number of alkyl halides is 6. The number of rotatable bonds is 5. The predicted octanol–water partition coefficient (Wildman–Crippen LogP) is 8.94. The maximum Gasteiger partial charge on any atom is 0.416 e. The van der Waals surface area contributed by atoms with E-state index < -0.39 is 35.9 Å². The number of fused-ring (bicyclic) bond motifs is 1. The first-order valence-corrected chi connectivity index (χ1v) is 16.1. The molecule has 0 spiro atoms. The molecular weight excluding hydrogens is 606 g/mol. The molecule has 1 N–H and O–H groups in total. The molecule has 2 atom stereocenters. The number of nitrogens with zero attached hydrogens (tertiary/aromatic N) is 4. The molecule has 3 heterocycles. The Kier molecular flexibility index (Phi) is 8.61. The molecular formula is C35H40F6N4O. The van der Waals surface area contributed by atoms with Gasteiger partial charge in [-0.2, -0.15) is 13.2 Å². The molecule has 11 heteroatoms. The second-order valence-electron chi connectivity index (χ2n) is 14.2. The lowest BCUT2D eigenvalue weighted by molar-refractivity contribution is -0.137. The molecule has 46 heavy (non-hydrogen) atoms. The Labute approximate surface area is 265 Å². The molecule has 2 aromatic heterocycles. The highest BCUT2D eigenvalue weighted by molar-refractivity contribution is 5.51. The summed E-state index contributed by atoms with van der Waals surface area (Å²) in [7, 11) is 0. The van der Waals surface area contributed by atoms with Crippen LogP contribution in [0.3, 0.4) is 0 Å². The zero-order chi connectivity index (χ0) is 33.0. The van der Waals surface area contributed by atoms with Crippen molar-refractivity contribution < 1.29 is 31.4 Å². The van der Waals surface area contributed by atoms with E-state index in [2.05, 4.69) is 14.9 Å². The van der Waals surface area contributed by atoms with Gasteiger partial charge in [0.2, 0.25) is 11.9 Å². The van der Waals surface area contributed by atoms with Gasteiger partial charge in [0.15, 0.2) is 6.17 Å². The van der Waals surface area contributed by atoms with Crippen LogP contribution < -0.4 is 4.90 Å². The van der Waals surface area contributed by atoms with E-state index in [0.717, 1.165) is 29.8 Å². The van der Waals surface area contributed by atoms with Gasteiger partial charge in [0.25, 0.3) is 0 Å². The number of aliphatic hydroxyl groups excluding tert-OH is 1. The summed E-state index contributed by atoms with van der Waals surface area (Å²) in [5.41, 5.74) is 2.29. The number of benzene rings is 1. The minimum atomic E-state index is -4.58. The Morgan fingerprint density at radius 2 is 1.52 bits per heavy atom. The highest BCUT2D eigenvalue weighted by atomic mass is 19.4. The van der Waals surface area contributed by atoms with Crippen LogP contribution >= 0.6 is 0 Å². The highest BCUT2D eigenvalue weighted by Gasteiger charge is 2.43. The van der Waals surface area contributed by atoms with Crippen molar-refractivity contribution in [2.24, 2.45) is 5.41 Å². The molecule has 1 aromatic carbocycles. The fourth-order valence-corrected chi connectivity index (χ4v) is 7.62. The van der Waals surface area contributed by atoms with E-state index in [0.29, 0.717) is 67.2 Å². The van der Waals surface area contributed by atoms with Crippen molar-refractivity contribution in [2.75, 3.05) is 18.0 Å². The molecule has 0 unspecified atom stereocenters. The first-order chi connectivity index (χ1) is 21.6. The number of aliphatic hydroxyl groups is 1. The number of pyridine rings is 1. The van der Waals surface area contributed by atoms with Crippen molar-refractivity contribution in [3.05, 3.63) is 81.4 Å². The summed E-state index contributed by atoms with van der Waals surface area (Å²) in [6, 6.07) is 4.02. The molecule has 0 bridgehead atoms. The number of hydrogen-bond donors (Lipinski definition) is 1. The monoisotopic (exact) mass is 646 g/mol. The Balaban J connectivity index is 1.47. The SMILES string of the molecule is Cc1cnc(N2CCC(c3nc4c(c(C5CCC(F)(F)CC5)c3[C@H](F)c3ccc(C(F)(F)F)cc3)[C@H](O)CC(C)(C)C4)CC2)nc1. The van der Waals surface area contributed by atoms with E-state index in [4.69, 9.17) is 4.98 Å². The van der Waals surface area contributed by atoms with Crippen LogP contribution in [0, 0.1) is 12.3 Å². The third kappa shape index (κ3) is 6.62. The number of halogens is 6. The van der Waals surface area contributed by atoms with E-state index in [-0.39, 0.29) is 48.1 Å². The molecule has 2 aliphatic carbocycles. The van der Waals surface area contributed by atoms with Gasteiger partial charge in [-0.15, -0.1) is 0 Å². The van der Waals surface area contributed by atoms with Gasteiger partial charge in [-0.05, 0) is 85.6 Å². The lowest BCUT2D eigenvalue weighted by Gasteiger charge is -2.41. The van der Waals surface area contributed by atoms with Gasteiger partial charge in [0.05, 0.1) is 17.4 Å². The Morgan fingerprint density at radius 3 is 2.11 bits per heavy atom. The molecule has 2 fully saturated rings. The Morgan fingerprint density at radius 1 is 0.913 bits per heavy atom. The summed E-state index contributed by atoms with van der Waals surface area (Å²) in [4.78, 5) is 16.1. The van der Waals surface area contributed by atoms with Gasteiger partial charge in [-0.3, -0.25) is 4.98 Å². The molecule has 0 amide bonds. The lowest BCUT2D eigenvalue weighted by Crippen LogP contribution is -2.36. The molecule has 1 saturated heterocycles. The van der Waals surface area contributed by atoms with E-state index >= 15 is 4.39 Å². The summed E-state index contributed by atoms with van der Waals surface area (Å²) in [6.07, 6.45) is -2.20.